The molecule has 2 aromatic carbocycles. The van der Waals surface area contributed by atoms with Crippen LogP contribution in [0.25, 0.3) is 10.9 Å². The smallest absolute Gasteiger partial charge is 0.160 e. The van der Waals surface area contributed by atoms with Crippen molar-refractivity contribution in [3.8, 4) is 0 Å². The van der Waals surface area contributed by atoms with Gasteiger partial charge >= 0.3 is 0 Å². The number of aromatic amines is 1. The summed E-state index contributed by atoms with van der Waals surface area (Å²) in [6.07, 6.45) is 2.73. The largest absolute Gasteiger partial charge is 0.361 e. The summed E-state index contributed by atoms with van der Waals surface area (Å²) in [6.45, 7) is 1.62. The Labute approximate surface area is 112 Å². The lowest BCUT2D eigenvalue weighted by Crippen LogP contribution is -2.00. The van der Waals surface area contributed by atoms with Gasteiger partial charge < -0.3 is 4.98 Å². The Kier molecular flexibility index (Phi) is 2.92. The zero-order valence-electron chi connectivity index (χ0n) is 10.8. The van der Waals surface area contributed by atoms with E-state index in [1.807, 2.05) is 30.5 Å². The quantitative estimate of drug-likeness (QED) is 0.700. The SMILES string of the molecule is CC(=O)c1ccccc1Cc1ccc2[nH]ccc2c1. The average molecular weight is 249 g/mol. The van der Waals surface area contributed by atoms with Crippen molar-refractivity contribution >= 4 is 16.7 Å². The van der Waals surface area contributed by atoms with Crippen molar-refractivity contribution in [3.63, 3.8) is 0 Å². The van der Waals surface area contributed by atoms with Crippen LogP contribution in [-0.2, 0) is 6.42 Å². The number of carbonyl (C=O) groups excluding carboxylic acids is 1. The molecule has 0 radical (unpaired) electrons. The zero-order chi connectivity index (χ0) is 13.2. The second-order valence-corrected chi connectivity index (χ2v) is 4.79. The van der Waals surface area contributed by atoms with Crippen LogP contribution in [0.5, 0.6) is 0 Å². The van der Waals surface area contributed by atoms with E-state index >= 15 is 0 Å². The molecule has 0 saturated heterocycles. The maximum Gasteiger partial charge on any atom is 0.160 e. The molecule has 1 aromatic heterocycles. The Morgan fingerprint density at radius 2 is 1.95 bits per heavy atom. The lowest BCUT2D eigenvalue weighted by molar-refractivity contribution is 0.101. The van der Waals surface area contributed by atoms with Crippen molar-refractivity contribution in [1.82, 2.24) is 4.98 Å². The van der Waals surface area contributed by atoms with Gasteiger partial charge in [-0.3, -0.25) is 4.79 Å². The highest BCUT2D eigenvalue weighted by Crippen LogP contribution is 2.19. The first-order valence-electron chi connectivity index (χ1n) is 6.39. The van der Waals surface area contributed by atoms with Crippen molar-refractivity contribution in [1.29, 1.82) is 0 Å². The lowest BCUT2D eigenvalue weighted by atomic mass is 9.97. The van der Waals surface area contributed by atoms with Gasteiger partial charge in [0.25, 0.3) is 0 Å². The maximum atomic E-state index is 11.6. The van der Waals surface area contributed by atoms with E-state index in [1.165, 1.54) is 10.9 Å². The van der Waals surface area contributed by atoms with Crippen molar-refractivity contribution in [2.24, 2.45) is 0 Å². The van der Waals surface area contributed by atoms with E-state index in [0.717, 1.165) is 23.1 Å². The standard InChI is InChI=1S/C17H15NO/c1-12(19)16-5-3-2-4-14(16)10-13-6-7-17-15(11-13)8-9-18-17/h2-9,11,18H,10H2,1H3. The third kappa shape index (κ3) is 2.29. The summed E-state index contributed by atoms with van der Waals surface area (Å²) >= 11 is 0. The van der Waals surface area contributed by atoms with Gasteiger partial charge in [-0.2, -0.15) is 0 Å². The molecule has 0 atom stereocenters. The predicted octanol–water partition coefficient (Wildman–Crippen LogP) is 3.96. The number of hydrogen-bond acceptors (Lipinski definition) is 1. The third-order valence-electron chi connectivity index (χ3n) is 3.41. The first kappa shape index (κ1) is 11.7. The number of ketones is 1. The minimum absolute atomic E-state index is 0.123. The summed E-state index contributed by atoms with van der Waals surface area (Å²) < 4.78 is 0. The molecule has 0 spiro atoms. The van der Waals surface area contributed by atoms with Crippen LogP contribution < -0.4 is 0 Å². The zero-order valence-corrected chi connectivity index (χ0v) is 10.8. The molecule has 19 heavy (non-hydrogen) atoms. The van der Waals surface area contributed by atoms with Crippen LogP contribution in [0.1, 0.15) is 28.4 Å². The van der Waals surface area contributed by atoms with E-state index in [-0.39, 0.29) is 5.78 Å². The fourth-order valence-electron chi connectivity index (χ4n) is 2.45. The molecule has 94 valence electrons. The second kappa shape index (κ2) is 4.73. The summed E-state index contributed by atoms with van der Waals surface area (Å²) in [5.74, 6) is 0.123. The highest BCUT2D eigenvalue weighted by atomic mass is 16.1. The Bertz CT molecular complexity index is 740. The van der Waals surface area contributed by atoms with Gasteiger partial charge in [-0.25, -0.2) is 0 Å². The van der Waals surface area contributed by atoms with E-state index < -0.39 is 0 Å². The number of aromatic nitrogens is 1. The third-order valence-corrected chi connectivity index (χ3v) is 3.41. The van der Waals surface area contributed by atoms with Crippen molar-refractivity contribution in [3.05, 3.63) is 71.4 Å². The molecule has 1 N–H and O–H groups in total. The molecule has 0 aliphatic rings. The van der Waals surface area contributed by atoms with Gasteiger partial charge in [-0.15, -0.1) is 0 Å². The molecule has 0 aliphatic carbocycles. The van der Waals surface area contributed by atoms with Gasteiger partial charge in [0.1, 0.15) is 0 Å². The fourth-order valence-corrected chi connectivity index (χ4v) is 2.45. The molecule has 0 aliphatic heterocycles. The molecule has 3 rings (SSSR count). The van der Waals surface area contributed by atoms with Gasteiger partial charge in [0.2, 0.25) is 0 Å². The molecule has 2 nitrogen and oxygen atoms in total. The van der Waals surface area contributed by atoms with Crippen molar-refractivity contribution < 1.29 is 4.79 Å². The number of Topliss-reactive ketones (excluding diaryl/α,β-unsaturated/α-hetero) is 1. The molecule has 0 fully saturated rings. The average Bonchev–Trinajstić information content (AvgIpc) is 2.86. The van der Waals surface area contributed by atoms with Crippen LogP contribution in [0.15, 0.2) is 54.7 Å². The molecule has 2 heteroatoms. The summed E-state index contributed by atoms with van der Waals surface area (Å²) in [6, 6.07) is 16.2. The molecule has 0 amide bonds. The number of benzene rings is 2. The fraction of sp³-hybridized carbons (Fsp3) is 0.118. The Morgan fingerprint density at radius 1 is 1.11 bits per heavy atom. The number of hydrogen-bond donors (Lipinski definition) is 1. The van der Waals surface area contributed by atoms with Gasteiger partial charge in [0.05, 0.1) is 0 Å². The number of nitrogens with one attached hydrogen (secondary N) is 1. The summed E-state index contributed by atoms with van der Waals surface area (Å²) in [5.41, 5.74) is 4.27. The molecule has 0 bridgehead atoms. The topological polar surface area (TPSA) is 32.9 Å². The molecular formula is C17H15NO. The van der Waals surface area contributed by atoms with Crippen molar-refractivity contribution in [2.75, 3.05) is 0 Å². The molecule has 1 heterocycles. The van der Waals surface area contributed by atoms with Crippen LogP contribution in [0.2, 0.25) is 0 Å². The molecule has 0 saturated carbocycles. The van der Waals surface area contributed by atoms with Gasteiger partial charge in [0, 0.05) is 17.3 Å². The highest BCUT2D eigenvalue weighted by Gasteiger charge is 2.07. The van der Waals surface area contributed by atoms with Gasteiger partial charge in [0.15, 0.2) is 5.78 Å². The molecule has 3 aromatic rings. The summed E-state index contributed by atoms with van der Waals surface area (Å²) in [7, 11) is 0. The van der Waals surface area contributed by atoms with Crippen LogP contribution in [-0.4, -0.2) is 10.8 Å². The van der Waals surface area contributed by atoms with Crippen LogP contribution in [0.3, 0.4) is 0 Å². The van der Waals surface area contributed by atoms with Crippen molar-refractivity contribution in [2.45, 2.75) is 13.3 Å². The Balaban J connectivity index is 1.98. The number of H-pyrrole nitrogens is 1. The van der Waals surface area contributed by atoms with Gasteiger partial charge in [-0.1, -0.05) is 30.3 Å². The van der Waals surface area contributed by atoms with E-state index in [1.54, 1.807) is 6.92 Å². The van der Waals surface area contributed by atoms with E-state index in [2.05, 4.69) is 29.2 Å². The highest BCUT2D eigenvalue weighted by molar-refractivity contribution is 5.95. The summed E-state index contributed by atoms with van der Waals surface area (Å²) in [4.78, 5) is 14.8. The molecular weight excluding hydrogens is 234 g/mol. The first-order chi connectivity index (χ1) is 9.24. The predicted molar refractivity (Wildman–Crippen MR) is 77.6 cm³/mol. The Morgan fingerprint density at radius 3 is 2.79 bits per heavy atom. The van der Waals surface area contributed by atoms with E-state index in [9.17, 15) is 4.79 Å². The van der Waals surface area contributed by atoms with E-state index in [4.69, 9.17) is 0 Å². The lowest BCUT2D eigenvalue weighted by Gasteiger charge is -2.07. The monoisotopic (exact) mass is 249 g/mol. The first-order valence-corrected chi connectivity index (χ1v) is 6.39. The van der Waals surface area contributed by atoms with Crippen LogP contribution in [0, 0.1) is 0 Å². The summed E-state index contributed by atoms with van der Waals surface area (Å²) in [5, 5.41) is 1.21. The normalized spacial score (nSPS) is 10.8. The number of rotatable bonds is 3. The maximum absolute atomic E-state index is 11.6. The second-order valence-electron chi connectivity index (χ2n) is 4.79. The van der Waals surface area contributed by atoms with Crippen LogP contribution in [0.4, 0.5) is 0 Å². The number of fused-ring (bicyclic) bond motifs is 1. The minimum atomic E-state index is 0.123. The van der Waals surface area contributed by atoms with Crippen LogP contribution >= 0.6 is 0 Å². The minimum Gasteiger partial charge on any atom is -0.361 e. The Hall–Kier alpha value is -2.35. The van der Waals surface area contributed by atoms with E-state index in [0.29, 0.717) is 0 Å². The number of carbonyl (C=O) groups is 1. The van der Waals surface area contributed by atoms with Gasteiger partial charge in [-0.05, 0) is 48.1 Å². The molecule has 0 unspecified atom stereocenters.